The van der Waals surface area contributed by atoms with Crippen LogP contribution >= 0.6 is 0 Å². The molecule has 152 valence electrons. The maximum atomic E-state index is 6.89. The van der Waals surface area contributed by atoms with Crippen molar-refractivity contribution in [1.29, 1.82) is 0 Å². The molecule has 0 spiro atoms. The summed E-state index contributed by atoms with van der Waals surface area (Å²) in [6.45, 7) is 16.3. The summed E-state index contributed by atoms with van der Waals surface area (Å²) in [5.74, 6) is 0.760. The van der Waals surface area contributed by atoms with Crippen molar-refractivity contribution < 1.29 is 9.16 Å². The van der Waals surface area contributed by atoms with E-state index < -0.39 is 8.32 Å². The molecule has 2 unspecified atom stereocenters. The predicted octanol–water partition coefficient (Wildman–Crippen LogP) is 7.12. The van der Waals surface area contributed by atoms with Gasteiger partial charge in [-0.05, 0) is 36.0 Å². The van der Waals surface area contributed by atoms with Crippen LogP contribution in [0.3, 0.4) is 0 Å². The summed E-state index contributed by atoms with van der Waals surface area (Å²) >= 11 is 0. The first-order chi connectivity index (χ1) is 12.7. The van der Waals surface area contributed by atoms with Gasteiger partial charge in [0.1, 0.15) is 6.10 Å². The van der Waals surface area contributed by atoms with Crippen molar-refractivity contribution in [2.75, 3.05) is 0 Å². The molecule has 3 heteroatoms. The average molecular weight is 389 g/mol. The van der Waals surface area contributed by atoms with Gasteiger partial charge in [0.25, 0.3) is 0 Å². The minimum atomic E-state index is -1.87. The molecule has 0 heterocycles. The van der Waals surface area contributed by atoms with Crippen molar-refractivity contribution in [3.8, 4) is 0 Å². The van der Waals surface area contributed by atoms with Crippen molar-refractivity contribution in [2.24, 2.45) is 5.92 Å². The van der Waals surface area contributed by atoms with E-state index in [1.807, 2.05) is 12.1 Å². The Balaban J connectivity index is 2.10. The van der Waals surface area contributed by atoms with Crippen LogP contribution in [0.4, 0.5) is 0 Å². The van der Waals surface area contributed by atoms with E-state index >= 15 is 0 Å². The smallest absolute Gasteiger partial charge is 0.192 e. The van der Waals surface area contributed by atoms with Crippen LogP contribution < -0.4 is 0 Å². The van der Waals surface area contributed by atoms with Gasteiger partial charge in [-0.1, -0.05) is 89.3 Å². The van der Waals surface area contributed by atoms with Crippen LogP contribution in [0.1, 0.15) is 64.9 Å². The molecule has 1 fully saturated rings. The van der Waals surface area contributed by atoms with E-state index in [1.54, 1.807) is 0 Å². The van der Waals surface area contributed by atoms with Crippen LogP contribution in [-0.4, -0.2) is 20.5 Å². The molecule has 1 aliphatic rings. The quantitative estimate of drug-likeness (QED) is 0.331. The Labute approximate surface area is 168 Å². The van der Waals surface area contributed by atoms with Crippen LogP contribution in [0.15, 0.2) is 43.0 Å². The standard InChI is InChI=1S/C24H40O2Si/c1-7-22(25-19-21-16-12-9-13-17-21)23(18-20-14-10-8-11-15-20)26-27(5,6)24(2,3)4/h7,9,12-13,16-17,20,22-23H,1,8,10-11,14-15,18-19H2,2-6H3. The molecule has 0 bridgehead atoms. The molecule has 0 saturated heterocycles. The average Bonchev–Trinajstić information content (AvgIpc) is 2.62. The van der Waals surface area contributed by atoms with Gasteiger partial charge in [-0.3, -0.25) is 0 Å². The van der Waals surface area contributed by atoms with Gasteiger partial charge < -0.3 is 9.16 Å². The third-order valence-corrected chi connectivity index (χ3v) is 10.9. The van der Waals surface area contributed by atoms with E-state index in [9.17, 15) is 0 Å². The zero-order valence-electron chi connectivity index (χ0n) is 18.2. The molecular weight excluding hydrogens is 348 g/mol. The monoisotopic (exact) mass is 388 g/mol. The summed E-state index contributed by atoms with van der Waals surface area (Å²) in [5, 5.41) is 0.197. The van der Waals surface area contributed by atoms with Crippen LogP contribution in [0.5, 0.6) is 0 Å². The highest BCUT2D eigenvalue weighted by Gasteiger charge is 2.41. The molecule has 0 aliphatic heterocycles. The zero-order chi connectivity index (χ0) is 19.9. The van der Waals surface area contributed by atoms with E-state index in [0.29, 0.717) is 6.61 Å². The molecule has 1 aromatic rings. The van der Waals surface area contributed by atoms with Gasteiger partial charge in [0, 0.05) is 0 Å². The summed E-state index contributed by atoms with van der Waals surface area (Å²) in [6.07, 6.45) is 9.89. The topological polar surface area (TPSA) is 18.5 Å². The van der Waals surface area contributed by atoms with Gasteiger partial charge in [0.05, 0.1) is 12.7 Å². The number of hydrogen-bond acceptors (Lipinski definition) is 2. The van der Waals surface area contributed by atoms with E-state index in [2.05, 4.69) is 64.7 Å². The molecule has 2 rings (SSSR count). The highest BCUT2D eigenvalue weighted by Crippen LogP contribution is 2.39. The van der Waals surface area contributed by atoms with Crippen LogP contribution in [0.2, 0.25) is 18.1 Å². The minimum Gasteiger partial charge on any atom is -0.411 e. The molecule has 0 N–H and O–H groups in total. The Morgan fingerprint density at radius 2 is 1.74 bits per heavy atom. The number of hydrogen-bond donors (Lipinski definition) is 0. The Morgan fingerprint density at radius 1 is 1.11 bits per heavy atom. The fraction of sp³-hybridized carbons (Fsp3) is 0.667. The first-order valence-electron chi connectivity index (χ1n) is 10.7. The van der Waals surface area contributed by atoms with Gasteiger partial charge in [-0.15, -0.1) is 6.58 Å². The van der Waals surface area contributed by atoms with Crippen molar-refractivity contribution in [2.45, 2.75) is 96.2 Å². The van der Waals surface area contributed by atoms with Gasteiger partial charge in [0.15, 0.2) is 8.32 Å². The highest BCUT2D eigenvalue weighted by molar-refractivity contribution is 6.74. The fourth-order valence-electron chi connectivity index (χ4n) is 3.65. The number of ether oxygens (including phenoxy) is 1. The molecule has 1 aliphatic carbocycles. The Morgan fingerprint density at radius 3 is 2.30 bits per heavy atom. The number of benzene rings is 1. The van der Waals surface area contributed by atoms with Gasteiger partial charge in [0.2, 0.25) is 0 Å². The normalized spacial score (nSPS) is 18.9. The molecule has 0 aromatic heterocycles. The molecule has 2 nitrogen and oxygen atoms in total. The Kier molecular flexibility index (Phi) is 8.33. The first-order valence-corrected chi connectivity index (χ1v) is 13.6. The predicted molar refractivity (Wildman–Crippen MR) is 118 cm³/mol. The zero-order valence-corrected chi connectivity index (χ0v) is 19.2. The van der Waals surface area contributed by atoms with Crippen LogP contribution in [-0.2, 0) is 15.8 Å². The summed E-state index contributed by atoms with van der Waals surface area (Å²) in [5.41, 5.74) is 1.20. The van der Waals surface area contributed by atoms with E-state index in [-0.39, 0.29) is 17.2 Å². The molecule has 0 amide bonds. The van der Waals surface area contributed by atoms with Crippen LogP contribution in [0, 0.1) is 5.92 Å². The SMILES string of the molecule is C=CC(OCc1ccccc1)C(CC1CCCCC1)O[Si](C)(C)C(C)(C)C. The second-order valence-corrected chi connectivity index (χ2v) is 14.4. The van der Waals surface area contributed by atoms with E-state index in [1.165, 1.54) is 37.7 Å². The molecule has 0 radical (unpaired) electrons. The maximum absolute atomic E-state index is 6.89. The third-order valence-electron chi connectivity index (χ3n) is 6.43. The summed E-state index contributed by atoms with van der Waals surface area (Å²) in [7, 11) is -1.87. The van der Waals surface area contributed by atoms with Gasteiger partial charge >= 0.3 is 0 Å². The second kappa shape index (κ2) is 10.0. The molecule has 2 atom stereocenters. The lowest BCUT2D eigenvalue weighted by Gasteiger charge is -2.42. The van der Waals surface area contributed by atoms with Crippen LogP contribution in [0.25, 0.3) is 0 Å². The lowest BCUT2D eigenvalue weighted by molar-refractivity contribution is -0.0237. The lowest BCUT2D eigenvalue weighted by atomic mass is 9.84. The summed E-state index contributed by atoms with van der Waals surface area (Å²) < 4.78 is 13.2. The Hall–Kier alpha value is -0.903. The first kappa shape index (κ1) is 22.4. The largest absolute Gasteiger partial charge is 0.411 e. The molecule has 1 saturated carbocycles. The number of rotatable bonds is 9. The van der Waals surface area contributed by atoms with Gasteiger partial charge in [-0.25, -0.2) is 0 Å². The van der Waals surface area contributed by atoms with Crippen molar-refractivity contribution in [1.82, 2.24) is 0 Å². The molecule has 27 heavy (non-hydrogen) atoms. The van der Waals surface area contributed by atoms with E-state index in [4.69, 9.17) is 9.16 Å². The second-order valence-electron chi connectivity index (χ2n) is 9.65. The van der Waals surface area contributed by atoms with Crippen molar-refractivity contribution in [3.05, 3.63) is 48.6 Å². The van der Waals surface area contributed by atoms with Crippen molar-refractivity contribution >= 4 is 8.32 Å². The maximum Gasteiger partial charge on any atom is 0.192 e. The Bertz CT molecular complexity index is 555. The minimum absolute atomic E-state index is 0.0544. The van der Waals surface area contributed by atoms with Gasteiger partial charge in [-0.2, -0.15) is 0 Å². The fourth-order valence-corrected chi connectivity index (χ4v) is 4.99. The highest BCUT2D eigenvalue weighted by atomic mass is 28.4. The molecular formula is C24H40O2Si. The summed E-state index contributed by atoms with van der Waals surface area (Å²) in [4.78, 5) is 0. The summed E-state index contributed by atoms with van der Waals surface area (Å²) in [6, 6.07) is 10.4. The molecule has 1 aromatic carbocycles. The lowest BCUT2D eigenvalue weighted by Crippen LogP contribution is -2.47. The van der Waals surface area contributed by atoms with E-state index in [0.717, 1.165) is 12.3 Å². The van der Waals surface area contributed by atoms with Crippen molar-refractivity contribution in [3.63, 3.8) is 0 Å². The third kappa shape index (κ3) is 6.89.